The van der Waals surface area contributed by atoms with E-state index in [1.165, 1.54) is 6.33 Å². The third kappa shape index (κ3) is 2.11. The average Bonchev–Trinajstić information content (AvgIpc) is 2.90. The number of aryl methyl sites for hydroxylation is 1. The summed E-state index contributed by atoms with van der Waals surface area (Å²) in [4.78, 5) is 8.12. The molecule has 0 bridgehead atoms. The molecule has 0 radical (unpaired) electrons. The van der Waals surface area contributed by atoms with Gasteiger partial charge >= 0.3 is 0 Å². The molecule has 0 amide bonds. The smallest absolute Gasteiger partial charge is 0.251 e. The SMILES string of the molecule is Cc1ncncc1-c1nnc(C2CCCNC2)o1. The first-order valence-electron chi connectivity index (χ1n) is 6.15. The molecule has 2 aromatic rings. The topological polar surface area (TPSA) is 76.7 Å². The van der Waals surface area contributed by atoms with E-state index in [0.717, 1.165) is 37.2 Å². The minimum absolute atomic E-state index is 0.324. The lowest BCUT2D eigenvalue weighted by Gasteiger charge is -2.18. The molecule has 0 aliphatic carbocycles. The van der Waals surface area contributed by atoms with Crippen molar-refractivity contribution in [3.8, 4) is 11.5 Å². The third-order valence-electron chi connectivity index (χ3n) is 3.23. The monoisotopic (exact) mass is 245 g/mol. The van der Waals surface area contributed by atoms with Crippen LogP contribution in [-0.4, -0.2) is 33.3 Å². The number of nitrogens with one attached hydrogen (secondary N) is 1. The fraction of sp³-hybridized carbons (Fsp3) is 0.500. The van der Waals surface area contributed by atoms with Crippen molar-refractivity contribution in [3.05, 3.63) is 24.1 Å². The molecule has 3 heterocycles. The molecule has 3 rings (SSSR count). The van der Waals surface area contributed by atoms with Crippen molar-refractivity contribution < 1.29 is 4.42 Å². The van der Waals surface area contributed by atoms with Crippen LogP contribution in [0.3, 0.4) is 0 Å². The zero-order valence-corrected chi connectivity index (χ0v) is 10.3. The average molecular weight is 245 g/mol. The van der Waals surface area contributed by atoms with Gasteiger partial charge in [0.2, 0.25) is 5.89 Å². The zero-order chi connectivity index (χ0) is 12.4. The molecule has 0 spiro atoms. The van der Waals surface area contributed by atoms with Crippen molar-refractivity contribution in [1.82, 2.24) is 25.5 Å². The van der Waals surface area contributed by atoms with Crippen LogP contribution in [0.15, 0.2) is 16.9 Å². The van der Waals surface area contributed by atoms with E-state index in [-0.39, 0.29) is 0 Å². The molecule has 1 atom stereocenters. The van der Waals surface area contributed by atoms with Crippen LogP contribution in [-0.2, 0) is 0 Å². The standard InChI is InChI=1S/C12H15N5O/c1-8-10(6-14-7-15-8)12-17-16-11(18-12)9-3-2-4-13-5-9/h6-7,9,13H,2-5H2,1H3. The molecule has 0 aromatic carbocycles. The van der Waals surface area contributed by atoms with Crippen molar-refractivity contribution >= 4 is 0 Å². The van der Waals surface area contributed by atoms with Gasteiger partial charge in [0.1, 0.15) is 6.33 Å². The van der Waals surface area contributed by atoms with Crippen LogP contribution < -0.4 is 5.32 Å². The van der Waals surface area contributed by atoms with Gasteiger partial charge in [0.25, 0.3) is 5.89 Å². The van der Waals surface area contributed by atoms with E-state index in [1.807, 2.05) is 6.92 Å². The van der Waals surface area contributed by atoms with E-state index in [9.17, 15) is 0 Å². The molecule has 1 N–H and O–H groups in total. The Morgan fingerprint density at radius 3 is 3.11 bits per heavy atom. The summed E-state index contributed by atoms with van der Waals surface area (Å²) in [6, 6.07) is 0. The van der Waals surface area contributed by atoms with E-state index in [2.05, 4.69) is 25.5 Å². The number of nitrogens with zero attached hydrogens (tertiary/aromatic N) is 4. The Labute approximate surface area is 105 Å². The Kier molecular flexibility index (Phi) is 3.02. The molecule has 2 aromatic heterocycles. The summed E-state index contributed by atoms with van der Waals surface area (Å²) in [7, 11) is 0. The van der Waals surface area contributed by atoms with Crippen molar-refractivity contribution in [3.63, 3.8) is 0 Å². The first-order chi connectivity index (χ1) is 8.84. The molecule has 1 fully saturated rings. The van der Waals surface area contributed by atoms with Crippen LogP contribution in [0.1, 0.15) is 30.3 Å². The molecule has 1 unspecified atom stereocenters. The van der Waals surface area contributed by atoms with Gasteiger partial charge in [0, 0.05) is 18.7 Å². The maximum atomic E-state index is 5.75. The second kappa shape index (κ2) is 4.81. The molecular weight excluding hydrogens is 230 g/mol. The van der Waals surface area contributed by atoms with Crippen molar-refractivity contribution in [2.75, 3.05) is 13.1 Å². The van der Waals surface area contributed by atoms with E-state index in [1.54, 1.807) is 6.20 Å². The van der Waals surface area contributed by atoms with Crippen LogP contribution >= 0.6 is 0 Å². The molecule has 1 aliphatic rings. The van der Waals surface area contributed by atoms with Crippen LogP contribution in [0.2, 0.25) is 0 Å². The highest BCUT2D eigenvalue weighted by Gasteiger charge is 2.22. The first-order valence-corrected chi connectivity index (χ1v) is 6.15. The summed E-state index contributed by atoms with van der Waals surface area (Å²) in [5.41, 5.74) is 1.65. The molecule has 6 heteroatoms. The maximum absolute atomic E-state index is 5.75. The Morgan fingerprint density at radius 2 is 2.33 bits per heavy atom. The van der Waals surface area contributed by atoms with Crippen molar-refractivity contribution in [2.45, 2.75) is 25.7 Å². The molecular formula is C12H15N5O. The first kappa shape index (κ1) is 11.3. The highest BCUT2D eigenvalue weighted by molar-refractivity contribution is 5.53. The minimum Gasteiger partial charge on any atom is -0.420 e. The quantitative estimate of drug-likeness (QED) is 0.859. The predicted octanol–water partition coefficient (Wildman–Crippen LogP) is 1.30. The van der Waals surface area contributed by atoms with Gasteiger partial charge in [0.05, 0.1) is 11.3 Å². The van der Waals surface area contributed by atoms with Gasteiger partial charge in [-0.2, -0.15) is 0 Å². The zero-order valence-electron chi connectivity index (χ0n) is 10.3. The normalized spacial score (nSPS) is 19.9. The maximum Gasteiger partial charge on any atom is 0.251 e. The number of aromatic nitrogens is 4. The van der Waals surface area contributed by atoms with Crippen molar-refractivity contribution in [1.29, 1.82) is 0 Å². The fourth-order valence-electron chi connectivity index (χ4n) is 2.17. The van der Waals surface area contributed by atoms with E-state index >= 15 is 0 Å². The summed E-state index contributed by atoms with van der Waals surface area (Å²) >= 11 is 0. The summed E-state index contributed by atoms with van der Waals surface area (Å²) < 4.78 is 5.75. The van der Waals surface area contributed by atoms with Gasteiger partial charge in [-0.3, -0.25) is 0 Å². The van der Waals surface area contributed by atoms with Gasteiger partial charge in [-0.15, -0.1) is 10.2 Å². The van der Waals surface area contributed by atoms with Gasteiger partial charge in [-0.25, -0.2) is 9.97 Å². The van der Waals surface area contributed by atoms with Crippen LogP contribution in [0.4, 0.5) is 0 Å². The lowest BCUT2D eigenvalue weighted by molar-refractivity contribution is 0.380. The lowest BCUT2D eigenvalue weighted by atomic mass is 10.00. The van der Waals surface area contributed by atoms with E-state index in [0.29, 0.717) is 17.7 Å². The largest absolute Gasteiger partial charge is 0.420 e. The molecule has 18 heavy (non-hydrogen) atoms. The summed E-state index contributed by atoms with van der Waals surface area (Å²) in [5, 5.41) is 11.6. The Morgan fingerprint density at radius 1 is 1.39 bits per heavy atom. The second-order valence-corrected chi connectivity index (χ2v) is 4.51. The van der Waals surface area contributed by atoms with E-state index in [4.69, 9.17) is 4.42 Å². The van der Waals surface area contributed by atoms with Gasteiger partial charge in [-0.1, -0.05) is 0 Å². The highest BCUT2D eigenvalue weighted by Crippen LogP contribution is 2.26. The molecule has 1 aliphatic heterocycles. The van der Waals surface area contributed by atoms with Crippen molar-refractivity contribution in [2.24, 2.45) is 0 Å². The Balaban J connectivity index is 1.87. The molecule has 1 saturated heterocycles. The minimum atomic E-state index is 0.324. The number of rotatable bonds is 2. The van der Waals surface area contributed by atoms with Crippen LogP contribution in [0, 0.1) is 6.92 Å². The summed E-state index contributed by atoms with van der Waals surface area (Å²) in [5.74, 6) is 1.54. The number of piperidine rings is 1. The fourth-order valence-corrected chi connectivity index (χ4v) is 2.17. The summed E-state index contributed by atoms with van der Waals surface area (Å²) in [6.07, 6.45) is 5.47. The van der Waals surface area contributed by atoms with Gasteiger partial charge in [-0.05, 0) is 26.3 Å². The third-order valence-corrected chi connectivity index (χ3v) is 3.23. The number of hydrogen-bond donors (Lipinski definition) is 1. The predicted molar refractivity (Wildman–Crippen MR) is 64.9 cm³/mol. The second-order valence-electron chi connectivity index (χ2n) is 4.51. The lowest BCUT2D eigenvalue weighted by Crippen LogP contribution is -2.28. The van der Waals surface area contributed by atoms with Crippen LogP contribution in [0.25, 0.3) is 11.5 Å². The highest BCUT2D eigenvalue weighted by atomic mass is 16.4. The molecule has 94 valence electrons. The summed E-state index contributed by atoms with van der Waals surface area (Å²) in [6.45, 7) is 3.89. The van der Waals surface area contributed by atoms with Gasteiger partial charge in [0.15, 0.2) is 0 Å². The molecule has 0 saturated carbocycles. The Bertz CT molecular complexity index is 533. The molecule has 6 nitrogen and oxygen atoms in total. The van der Waals surface area contributed by atoms with Gasteiger partial charge < -0.3 is 9.73 Å². The van der Waals surface area contributed by atoms with Crippen LogP contribution in [0.5, 0.6) is 0 Å². The number of hydrogen-bond acceptors (Lipinski definition) is 6. The van der Waals surface area contributed by atoms with E-state index < -0.39 is 0 Å². The Hall–Kier alpha value is -1.82.